The number of ether oxygens (including phenoxy) is 2. The summed E-state index contributed by atoms with van der Waals surface area (Å²) in [7, 11) is 0. The standard InChI is InChI=1S/C25H29N7O5/c33-22(19-9-4-8-18-14-30-32-21(18)19)29-15-20(31-25(35)37-16-17-6-2-1-3-7-17)23(34)36-13-5-10-26-24-27-11-12-28-24/h1-4,6-9,14,20H,5,10-13,15-16H2,(H,29,33)(H,30,32)(H,31,35)(H2,26,27,28). The van der Waals surface area contributed by atoms with Crippen molar-refractivity contribution in [3.8, 4) is 0 Å². The van der Waals surface area contributed by atoms with Crippen LogP contribution in [0.4, 0.5) is 4.79 Å². The van der Waals surface area contributed by atoms with E-state index in [0.29, 0.717) is 24.0 Å². The second kappa shape index (κ2) is 12.9. The largest absolute Gasteiger partial charge is 0.464 e. The third-order valence-corrected chi connectivity index (χ3v) is 5.51. The first-order chi connectivity index (χ1) is 18.1. The number of esters is 1. The van der Waals surface area contributed by atoms with Crippen LogP contribution in [0.3, 0.4) is 0 Å². The number of nitrogens with one attached hydrogen (secondary N) is 5. The highest BCUT2D eigenvalue weighted by atomic mass is 16.6. The molecule has 0 spiro atoms. The van der Waals surface area contributed by atoms with Crippen LogP contribution in [0, 0.1) is 0 Å². The van der Waals surface area contributed by atoms with Crippen LogP contribution in [-0.4, -0.2) is 73.0 Å². The normalized spacial score (nSPS) is 13.2. The Morgan fingerprint density at radius 2 is 1.92 bits per heavy atom. The molecule has 2 heterocycles. The lowest BCUT2D eigenvalue weighted by atomic mass is 10.1. The van der Waals surface area contributed by atoms with Gasteiger partial charge in [-0.2, -0.15) is 5.10 Å². The van der Waals surface area contributed by atoms with Gasteiger partial charge in [-0.15, -0.1) is 0 Å². The molecule has 5 N–H and O–H groups in total. The van der Waals surface area contributed by atoms with E-state index in [9.17, 15) is 14.4 Å². The molecule has 1 atom stereocenters. The van der Waals surface area contributed by atoms with E-state index in [1.165, 1.54) is 0 Å². The molecule has 0 radical (unpaired) electrons. The summed E-state index contributed by atoms with van der Waals surface area (Å²) >= 11 is 0. The highest BCUT2D eigenvalue weighted by Gasteiger charge is 2.24. The van der Waals surface area contributed by atoms with Crippen molar-refractivity contribution >= 4 is 34.8 Å². The molecule has 37 heavy (non-hydrogen) atoms. The lowest BCUT2D eigenvalue weighted by molar-refractivity contribution is -0.145. The van der Waals surface area contributed by atoms with Crippen molar-refractivity contribution in [3.05, 3.63) is 65.9 Å². The second-order valence-electron chi connectivity index (χ2n) is 8.21. The monoisotopic (exact) mass is 507 g/mol. The predicted octanol–water partition coefficient (Wildman–Crippen LogP) is 1.07. The molecule has 194 valence electrons. The van der Waals surface area contributed by atoms with Gasteiger partial charge in [-0.05, 0) is 18.1 Å². The number of hydrogen-bond donors (Lipinski definition) is 5. The van der Waals surface area contributed by atoms with Crippen LogP contribution < -0.4 is 21.3 Å². The summed E-state index contributed by atoms with van der Waals surface area (Å²) in [6.07, 6.45) is 1.34. The zero-order valence-corrected chi connectivity index (χ0v) is 20.2. The number of carbonyl (C=O) groups excluding carboxylic acids is 3. The molecule has 12 heteroatoms. The number of amides is 2. The van der Waals surface area contributed by atoms with Gasteiger partial charge in [0.15, 0.2) is 5.96 Å². The number of para-hydroxylation sites is 1. The van der Waals surface area contributed by atoms with Gasteiger partial charge in [-0.1, -0.05) is 42.5 Å². The van der Waals surface area contributed by atoms with Crippen molar-refractivity contribution < 1.29 is 23.9 Å². The number of aliphatic imine (C=N–C) groups is 1. The highest BCUT2D eigenvalue weighted by Crippen LogP contribution is 2.15. The molecule has 2 amide bonds. The Morgan fingerprint density at radius 3 is 2.73 bits per heavy atom. The molecule has 0 saturated carbocycles. The summed E-state index contributed by atoms with van der Waals surface area (Å²) in [5.41, 5.74) is 1.73. The van der Waals surface area contributed by atoms with Crippen molar-refractivity contribution in [2.45, 2.75) is 19.1 Å². The molecule has 1 unspecified atom stereocenters. The van der Waals surface area contributed by atoms with Gasteiger partial charge in [0.1, 0.15) is 12.6 Å². The second-order valence-corrected chi connectivity index (χ2v) is 8.21. The van der Waals surface area contributed by atoms with E-state index in [0.717, 1.165) is 30.0 Å². The summed E-state index contributed by atoms with van der Waals surface area (Å²) in [5, 5.41) is 18.9. The van der Waals surface area contributed by atoms with Gasteiger partial charge in [0.25, 0.3) is 5.91 Å². The Bertz CT molecular complexity index is 1240. The van der Waals surface area contributed by atoms with Crippen LogP contribution in [0.25, 0.3) is 10.9 Å². The lowest BCUT2D eigenvalue weighted by Gasteiger charge is -2.18. The fourth-order valence-corrected chi connectivity index (χ4v) is 3.62. The van der Waals surface area contributed by atoms with Gasteiger partial charge in [0.2, 0.25) is 0 Å². The number of benzene rings is 2. The molecule has 0 aliphatic carbocycles. The number of fused-ring (bicyclic) bond motifs is 1. The third-order valence-electron chi connectivity index (χ3n) is 5.51. The van der Waals surface area contributed by atoms with Crippen LogP contribution in [-0.2, 0) is 20.9 Å². The van der Waals surface area contributed by atoms with Crippen molar-refractivity contribution in [2.24, 2.45) is 4.99 Å². The number of aromatic nitrogens is 2. The van der Waals surface area contributed by atoms with Crippen LogP contribution >= 0.6 is 0 Å². The minimum Gasteiger partial charge on any atom is -0.464 e. The van der Waals surface area contributed by atoms with E-state index in [2.05, 4.69) is 36.5 Å². The molecule has 3 aromatic rings. The van der Waals surface area contributed by atoms with Gasteiger partial charge in [0.05, 0.1) is 30.4 Å². The first-order valence-electron chi connectivity index (χ1n) is 12.0. The van der Waals surface area contributed by atoms with Crippen LogP contribution in [0.15, 0.2) is 59.7 Å². The molecular weight excluding hydrogens is 478 g/mol. The van der Waals surface area contributed by atoms with E-state index in [-0.39, 0.29) is 19.8 Å². The molecule has 1 aromatic heterocycles. The third kappa shape index (κ3) is 7.43. The zero-order valence-electron chi connectivity index (χ0n) is 20.2. The Balaban J connectivity index is 1.31. The number of aromatic amines is 1. The van der Waals surface area contributed by atoms with Crippen molar-refractivity contribution in [1.82, 2.24) is 31.5 Å². The van der Waals surface area contributed by atoms with E-state index < -0.39 is 24.0 Å². The first kappa shape index (κ1) is 25.5. The zero-order chi connectivity index (χ0) is 25.9. The highest BCUT2D eigenvalue weighted by molar-refractivity contribution is 6.05. The lowest BCUT2D eigenvalue weighted by Crippen LogP contribution is -2.49. The first-order valence-corrected chi connectivity index (χ1v) is 12.0. The van der Waals surface area contributed by atoms with Gasteiger partial charge in [-0.3, -0.25) is 14.9 Å². The van der Waals surface area contributed by atoms with E-state index in [4.69, 9.17) is 9.47 Å². The fraction of sp³-hybridized carbons (Fsp3) is 0.320. The predicted molar refractivity (Wildman–Crippen MR) is 136 cm³/mol. The molecule has 4 rings (SSSR count). The molecule has 0 bridgehead atoms. The fourth-order valence-electron chi connectivity index (χ4n) is 3.62. The van der Waals surface area contributed by atoms with Gasteiger partial charge in [-0.25, -0.2) is 9.59 Å². The Kier molecular flexibility index (Phi) is 8.89. The summed E-state index contributed by atoms with van der Waals surface area (Å²) in [5.74, 6) is -0.392. The smallest absolute Gasteiger partial charge is 0.408 e. The molecule has 1 aliphatic heterocycles. The van der Waals surface area contributed by atoms with Gasteiger partial charge in [0, 0.05) is 25.0 Å². The summed E-state index contributed by atoms with van der Waals surface area (Å²) in [6.45, 7) is 2.05. The number of nitrogens with zero attached hydrogens (tertiary/aromatic N) is 2. The van der Waals surface area contributed by atoms with E-state index in [1.807, 2.05) is 36.4 Å². The van der Waals surface area contributed by atoms with Gasteiger partial charge < -0.3 is 30.7 Å². The van der Waals surface area contributed by atoms with Crippen molar-refractivity contribution in [3.63, 3.8) is 0 Å². The Hall–Kier alpha value is -4.61. The van der Waals surface area contributed by atoms with E-state index in [1.54, 1.807) is 18.3 Å². The molecule has 2 aromatic carbocycles. The minimum absolute atomic E-state index is 0.0339. The molecule has 12 nitrogen and oxygen atoms in total. The molecule has 1 aliphatic rings. The Morgan fingerprint density at radius 1 is 1.05 bits per heavy atom. The molecule has 0 fully saturated rings. The van der Waals surface area contributed by atoms with Crippen molar-refractivity contribution in [1.29, 1.82) is 0 Å². The maximum Gasteiger partial charge on any atom is 0.408 e. The number of guanidine groups is 1. The molecule has 0 saturated heterocycles. The summed E-state index contributed by atoms with van der Waals surface area (Å²) < 4.78 is 10.6. The quantitative estimate of drug-likeness (QED) is 0.190. The van der Waals surface area contributed by atoms with Crippen LogP contribution in [0.1, 0.15) is 22.3 Å². The number of H-pyrrole nitrogens is 1. The van der Waals surface area contributed by atoms with Crippen molar-refractivity contribution in [2.75, 3.05) is 32.8 Å². The number of rotatable bonds is 11. The van der Waals surface area contributed by atoms with E-state index >= 15 is 0 Å². The molecular formula is C25H29N7O5. The number of carbonyl (C=O) groups is 3. The summed E-state index contributed by atoms with van der Waals surface area (Å²) in [4.78, 5) is 42.2. The maximum atomic E-state index is 12.8. The maximum absolute atomic E-state index is 12.8. The average Bonchev–Trinajstić information content (AvgIpc) is 3.62. The minimum atomic E-state index is -1.15. The topological polar surface area (TPSA) is 159 Å². The number of alkyl carbamates (subject to hydrolysis) is 1. The summed E-state index contributed by atoms with van der Waals surface area (Å²) in [6, 6.07) is 13.2. The Labute approximate surface area is 213 Å². The SMILES string of the molecule is O=C(NC(CNC(=O)c1cccc2cn[nH]c12)C(=O)OCCCNC1=NCCN1)OCc1ccccc1. The van der Waals surface area contributed by atoms with Crippen LogP contribution in [0.5, 0.6) is 0 Å². The van der Waals surface area contributed by atoms with Gasteiger partial charge >= 0.3 is 12.1 Å². The number of hydrogen-bond acceptors (Lipinski definition) is 9. The average molecular weight is 508 g/mol. The van der Waals surface area contributed by atoms with Crippen LogP contribution in [0.2, 0.25) is 0 Å².